The first-order chi connectivity index (χ1) is 8.24. The van der Waals surface area contributed by atoms with Crippen LogP contribution in [0.1, 0.15) is 44.1 Å². The molecule has 1 atom stereocenters. The van der Waals surface area contributed by atoms with Gasteiger partial charge in [0.05, 0.1) is 6.61 Å². The van der Waals surface area contributed by atoms with Crippen molar-refractivity contribution in [2.75, 3.05) is 0 Å². The third kappa shape index (κ3) is 2.00. The Hall–Kier alpha value is -0.860. The second-order valence-corrected chi connectivity index (χ2v) is 5.58. The van der Waals surface area contributed by atoms with Gasteiger partial charge in [0, 0.05) is 11.8 Å². The molecule has 1 unspecified atom stereocenters. The minimum absolute atomic E-state index is 0.0973. The van der Waals surface area contributed by atoms with Gasteiger partial charge in [0.1, 0.15) is 0 Å². The van der Waals surface area contributed by atoms with E-state index in [2.05, 4.69) is 0 Å². The monoisotopic (exact) mass is 232 g/mol. The second kappa shape index (κ2) is 4.11. The number of benzene rings is 1. The molecule has 0 radical (unpaired) electrons. The van der Waals surface area contributed by atoms with Crippen LogP contribution in [0.2, 0.25) is 0 Å². The molecule has 1 N–H and O–H groups in total. The summed E-state index contributed by atoms with van der Waals surface area (Å²) < 4.78 is 5.78. The van der Waals surface area contributed by atoms with Crippen molar-refractivity contribution in [3.05, 3.63) is 35.9 Å². The van der Waals surface area contributed by atoms with Crippen molar-refractivity contribution in [3.63, 3.8) is 0 Å². The molecule has 1 spiro atoms. The first kappa shape index (κ1) is 11.2. The fourth-order valence-corrected chi connectivity index (χ4v) is 3.19. The molecular formula is C15H20O2. The van der Waals surface area contributed by atoms with E-state index in [0.29, 0.717) is 6.61 Å². The molecule has 0 heterocycles. The van der Waals surface area contributed by atoms with Crippen molar-refractivity contribution in [1.29, 1.82) is 0 Å². The zero-order chi connectivity index (χ0) is 11.8. The summed E-state index contributed by atoms with van der Waals surface area (Å²) in [5, 5.41) is 10.4. The summed E-state index contributed by atoms with van der Waals surface area (Å²) in [5.74, 6) is -0.830. The highest BCUT2D eigenvalue weighted by atomic mass is 16.6. The summed E-state index contributed by atoms with van der Waals surface area (Å²) in [6.07, 6.45) is 6.92. The minimum Gasteiger partial charge on any atom is -0.365 e. The molecule has 0 saturated heterocycles. The maximum Gasteiger partial charge on any atom is 0.172 e. The maximum atomic E-state index is 10.4. The van der Waals surface area contributed by atoms with E-state index in [-0.39, 0.29) is 5.41 Å². The number of ether oxygens (including phenoxy) is 1. The van der Waals surface area contributed by atoms with Gasteiger partial charge in [-0.1, -0.05) is 49.6 Å². The predicted molar refractivity (Wildman–Crippen MR) is 66.3 cm³/mol. The molecule has 2 aliphatic carbocycles. The van der Waals surface area contributed by atoms with Crippen molar-refractivity contribution >= 4 is 0 Å². The number of aliphatic hydroxyl groups is 1. The Morgan fingerprint density at radius 1 is 1.06 bits per heavy atom. The van der Waals surface area contributed by atoms with Crippen LogP contribution >= 0.6 is 0 Å². The summed E-state index contributed by atoms with van der Waals surface area (Å²) in [4.78, 5) is 0. The van der Waals surface area contributed by atoms with Crippen LogP contribution in [0.4, 0.5) is 0 Å². The van der Waals surface area contributed by atoms with Gasteiger partial charge in [-0.3, -0.25) is 0 Å². The fourth-order valence-electron chi connectivity index (χ4n) is 3.19. The quantitative estimate of drug-likeness (QED) is 0.811. The molecule has 2 aliphatic rings. The minimum atomic E-state index is -0.830. The van der Waals surface area contributed by atoms with Crippen molar-refractivity contribution in [2.45, 2.75) is 50.9 Å². The Morgan fingerprint density at radius 2 is 1.76 bits per heavy atom. The van der Waals surface area contributed by atoms with E-state index in [4.69, 9.17) is 4.74 Å². The molecule has 0 bridgehead atoms. The smallest absolute Gasteiger partial charge is 0.172 e. The maximum absolute atomic E-state index is 10.4. The Kier molecular flexibility index (Phi) is 2.72. The molecule has 2 heteroatoms. The zero-order valence-corrected chi connectivity index (χ0v) is 10.2. The summed E-state index contributed by atoms with van der Waals surface area (Å²) in [5.41, 5.74) is 1.24. The summed E-state index contributed by atoms with van der Waals surface area (Å²) in [7, 11) is 0. The van der Waals surface area contributed by atoms with Crippen molar-refractivity contribution < 1.29 is 9.84 Å². The second-order valence-electron chi connectivity index (χ2n) is 5.58. The summed E-state index contributed by atoms with van der Waals surface area (Å²) >= 11 is 0. The van der Waals surface area contributed by atoms with Crippen LogP contribution in [0.25, 0.3) is 0 Å². The summed E-state index contributed by atoms with van der Waals surface area (Å²) in [6, 6.07) is 10.1. The lowest BCUT2D eigenvalue weighted by Crippen LogP contribution is -2.25. The van der Waals surface area contributed by atoms with Gasteiger partial charge in [0.2, 0.25) is 0 Å². The first-order valence-electron chi connectivity index (χ1n) is 6.64. The molecule has 0 amide bonds. The topological polar surface area (TPSA) is 29.5 Å². The van der Waals surface area contributed by atoms with Crippen LogP contribution in [-0.4, -0.2) is 10.9 Å². The van der Waals surface area contributed by atoms with Gasteiger partial charge < -0.3 is 9.84 Å². The lowest BCUT2D eigenvalue weighted by molar-refractivity contribution is -0.165. The van der Waals surface area contributed by atoms with E-state index >= 15 is 0 Å². The van der Waals surface area contributed by atoms with E-state index in [0.717, 1.165) is 24.8 Å². The Balaban J connectivity index is 1.59. The van der Waals surface area contributed by atoms with E-state index in [1.165, 1.54) is 19.3 Å². The molecule has 1 aromatic carbocycles. The van der Waals surface area contributed by atoms with Crippen LogP contribution in [0, 0.1) is 5.41 Å². The molecule has 2 saturated carbocycles. The standard InChI is InChI=1S/C15H20O2/c16-15(12-14(15)9-5-2-6-10-14)17-11-13-7-3-1-4-8-13/h1,3-4,7-8,16H,2,5-6,9-12H2. The molecule has 17 heavy (non-hydrogen) atoms. The normalized spacial score (nSPS) is 30.4. The Morgan fingerprint density at radius 3 is 2.47 bits per heavy atom. The van der Waals surface area contributed by atoms with Crippen molar-refractivity contribution in [3.8, 4) is 0 Å². The molecule has 2 nitrogen and oxygen atoms in total. The van der Waals surface area contributed by atoms with Crippen LogP contribution in [0.3, 0.4) is 0 Å². The average molecular weight is 232 g/mol. The highest BCUT2D eigenvalue weighted by molar-refractivity contribution is 5.15. The van der Waals surface area contributed by atoms with Crippen LogP contribution in [0.15, 0.2) is 30.3 Å². The Labute approximate surface area is 103 Å². The average Bonchev–Trinajstić information content (AvgIpc) is 2.93. The number of hydrogen-bond acceptors (Lipinski definition) is 2. The van der Waals surface area contributed by atoms with Crippen LogP contribution in [0.5, 0.6) is 0 Å². The van der Waals surface area contributed by atoms with Gasteiger partial charge in [0.15, 0.2) is 5.79 Å². The lowest BCUT2D eigenvalue weighted by atomic mass is 9.85. The molecule has 3 rings (SSSR count). The molecular weight excluding hydrogens is 212 g/mol. The molecule has 92 valence electrons. The van der Waals surface area contributed by atoms with Gasteiger partial charge in [0.25, 0.3) is 0 Å². The predicted octanol–water partition coefficient (Wildman–Crippen LogP) is 3.25. The summed E-state index contributed by atoms with van der Waals surface area (Å²) in [6.45, 7) is 0.527. The fraction of sp³-hybridized carbons (Fsp3) is 0.600. The number of hydrogen-bond donors (Lipinski definition) is 1. The Bertz CT molecular complexity index is 381. The highest BCUT2D eigenvalue weighted by Crippen LogP contribution is 2.64. The molecule has 0 aliphatic heterocycles. The SMILES string of the molecule is OC1(OCc2ccccc2)CC12CCCCC2. The van der Waals surface area contributed by atoms with Crippen LogP contribution < -0.4 is 0 Å². The van der Waals surface area contributed by atoms with Crippen molar-refractivity contribution in [1.82, 2.24) is 0 Å². The molecule has 0 aromatic heterocycles. The van der Waals surface area contributed by atoms with Gasteiger partial charge in [-0.05, 0) is 18.4 Å². The highest BCUT2D eigenvalue weighted by Gasteiger charge is 2.67. The zero-order valence-electron chi connectivity index (χ0n) is 10.2. The third-order valence-corrected chi connectivity index (χ3v) is 4.41. The van der Waals surface area contributed by atoms with Crippen LogP contribution in [-0.2, 0) is 11.3 Å². The van der Waals surface area contributed by atoms with Gasteiger partial charge in [-0.2, -0.15) is 0 Å². The van der Waals surface area contributed by atoms with Gasteiger partial charge >= 0.3 is 0 Å². The molecule has 1 aromatic rings. The van der Waals surface area contributed by atoms with Gasteiger partial charge in [-0.15, -0.1) is 0 Å². The van der Waals surface area contributed by atoms with E-state index < -0.39 is 5.79 Å². The lowest BCUT2D eigenvalue weighted by Gasteiger charge is -2.25. The van der Waals surface area contributed by atoms with E-state index in [9.17, 15) is 5.11 Å². The number of rotatable bonds is 3. The molecule has 2 fully saturated rings. The largest absolute Gasteiger partial charge is 0.365 e. The van der Waals surface area contributed by atoms with Crippen molar-refractivity contribution in [2.24, 2.45) is 5.41 Å². The van der Waals surface area contributed by atoms with E-state index in [1.807, 2.05) is 30.3 Å². The third-order valence-electron chi connectivity index (χ3n) is 4.41. The first-order valence-corrected chi connectivity index (χ1v) is 6.64. The van der Waals surface area contributed by atoms with E-state index in [1.54, 1.807) is 0 Å². The van der Waals surface area contributed by atoms with Gasteiger partial charge in [-0.25, -0.2) is 0 Å².